The van der Waals surface area contributed by atoms with E-state index >= 15 is 0 Å². The van der Waals surface area contributed by atoms with Crippen LogP contribution in [0, 0.1) is 0 Å². The lowest BCUT2D eigenvalue weighted by molar-refractivity contribution is -0.139. The summed E-state index contributed by atoms with van der Waals surface area (Å²) in [5.74, 6) is -0.604. The van der Waals surface area contributed by atoms with E-state index in [1.807, 2.05) is 6.92 Å². The van der Waals surface area contributed by atoms with E-state index < -0.39 is 28.5 Å². The van der Waals surface area contributed by atoms with Crippen LogP contribution < -0.4 is 14.4 Å². The Bertz CT molecular complexity index is 1400. The van der Waals surface area contributed by atoms with Crippen molar-refractivity contribution in [2.45, 2.75) is 37.8 Å². The van der Waals surface area contributed by atoms with Gasteiger partial charge < -0.3 is 15.0 Å². The molecule has 3 aromatic rings. The van der Waals surface area contributed by atoms with Crippen LogP contribution in [-0.4, -0.2) is 51.4 Å². The highest BCUT2D eigenvalue weighted by atomic mass is 35.5. The standard InChI is InChI=1S/C28H31Cl2N3O5S/c1-4-16-31-28(35)20(2)32(18-21-10-8-9-13-24(21)29)27(34)19-33(22-14-15-26(38-3)25(30)17-22)39(36,37)23-11-6-5-7-12-23/h5-15,17,20H,4,16,18-19H2,1-3H3,(H,31,35)/t20-/m1/s1. The lowest BCUT2D eigenvalue weighted by atomic mass is 10.1. The first-order valence-corrected chi connectivity index (χ1v) is 14.5. The molecule has 39 heavy (non-hydrogen) atoms. The lowest BCUT2D eigenvalue weighted by Crippen LogP contribution is -2.51. The maximum atomic E-state index is 13.9. The summed E-state index contributed by atoms with van der Waals surface area (Å²) in [4.78, 5) is 28.1. The number of nitrogens with one attached hydrogen (secondary N) is 1. The number of nitrogens with zero attached hydrogens (tertiary/aromatic N) is 2. The zero-order chi connectivity index (χ0) is 28.6. The average Bonchev–Trinajstić information content (AvgIpc) is 2.94. The molecule has 1 N–H and O–H groups in total. The molecule has 0 aromatic heterocycles. The van der Waals surface area contributed by atoms with Gasteiger partial charge in [-0.2, -0.15) is 0 Å². The van der Waals surface area contributed by atoms with E-state index in [2.05, 4.69) is 5.32 Å². The van der Waals surface area contributed by atoms with Crippen LogP contribution in [0.1, 0.15) is 25.8 Å². The molecule has 208 valence electrons. The summed E-state index contributed by atoms with van der Waals surface area (Å²) in [5, 5.41) is 3.40. The summed E-state index contributed by atoms with van der Waals surface area (Å²) in [7, 11) is -2.76. The Morgan fingerprint density at radius 1 is 0.974 bits per heavy atom. The number of carbonyl (C=O) groups is 2. The fourth-order valence-corrected chi connectivity index (χ4v) is 5.72. The third-order valence-corrected chi connectivity index (χ3v) is 8.50. The van der Waals surface area contributed by atoms with Gasteiger partial charge in [0.05, 0.1) is 22.7 Å². The summed E-state index contributed by atoms with van der Waals surface area (Å²) in [5.41, 5.74) is 0.784. The molecule has 2 amide bonds. The number of ether oxygens (including phenoxy) is 1. The van der Waals surface area contributed by atoms with Crippen LogP contribution in [0.15, 0.2) is 77.7 Å². The SMILES string of the molecule is CCCNC(=O)[C@@H](C)N(Cc1ccccc1Cl)C(=O)CN(c1ccc(OC)c(Cl)c1)S(=O)(=O)c1ccccc1. The first-order valence-electron chi connectivity index (χ1n) is 12.3. The number of benzene rings is 3. The molecule has 11 heteroatoms. The molecule has 0 bridgehead atoms. The van der Waals surface area contributed by atoms with Crippen molar-refractivity contribution in [1.82, 2.24) is 10.2 Å². The minimum absolute atomic E-state index is 0.00180. The van der Waals surface area contributed by atoms with Crippen molar-refractivity contribution in [3.05, 3.63) is 88.4 Å². The van der Waals surface area contributed by atoms with Gasteiger partial charge in [-0.05, 0) is 55.3 Å². The largest absolute Gasteiger partial charge is 0.495 e. The maximum Gasteiger partial charge on any atom is 0.264 e. The quantitative estimate of drug-likeness (QED) is 0.314. The van der Waals surface area contributed by atoms with Gasteiger partial charge in [0.25, 0.3) is 10.0 Å². The highest BCUT2D eigenvalue weighted by Crippen LogP contribution is 2.32. The summed E-state index contributed by atoms with van der Waals surface area (Å²) < 4.78 is 33.8. The van der Waals surface area contributed by atoms with E-state index in [0.29, 0.717) is 22.9 Å². The fourth-order valence-electron chi connectivity index (χ4n) is 3.85. The van der Waals surface area contributed by atoms with Crippen molar-refractivity contribution in [1.29, 1.82) is 0 Å². The molecule has 0 aliphatic rings. The van der Waals surface area contributed by atoms with Crippen molar-refractivity contribution in [2.75, 3.05) is 24.5 Å². The van der Waals surface area contributed by atoms with Gasteiger partial charge in [0.1, 0.15) is 18.3 Å². The van der Waals surface area contributed by atoms with E-state index in [9.17, 15) is 18.0 Å². The maximum absolute atomic E-state index is 13.9. The number of anilines is 1. The van der Waals surface area contributed by atoms with E-state index in [0.717, 1.165) is 10.7 Å². The van der Waals surface area contributed by atoms with E-state index in [-0.39, 0.29) is 28.1 Å². The van der Waals surface area contributed by atoms with Crippen LogP contribution in [-0.2, 0) is 26.2 Å². The number of methoxy groups -OCH3 is 1. The molecule has 1 atom stereocenters. The topological polar surface area (TPSA) is 96.0 Å². The van der Waals surface area contributed by atoms with Gasteiger partial charge in [0.2, 0.25) is 11.8 Å². The van der Waals surface area contributed by atoms with Crippen molar-refractivity contribution >= 4 is 50.7 Å². The van der Waals surface area contributed by atoms with Crippen LogP contribution in [0.25, 0.3) is 0 Å². The number of hydrogen-bond acceptors (Lipinski definition) is 5. The van der Waals surface area contributed by atoms with Crippen LogP contribution >= 0.6 is 23.2 Å². The molecule has 0 aliphatic carbocycles. The van der Waals surface area contributed by atoms with E-state index in [1.165, 1.54) is 42.3 Å². The Hall–Kier alpha value is -3.27. The van der Waals surface area contributed by atoms with E-state index in [1.54, 1.807) is 49.4 Å². The summed E-state index contributed by atoms with van der Waals surface area (Å²) in [6, 6.07) is 18.3. The van der Waals surface area contributed by atoms with Gasteiger partial charge >= 0.3 is 0 Å². The van der Waals surface area contributed by atoms with Crippen molar-refractivity contribution in [2.24, 2.45) is 0 Å². The fraction of sp³-hybridized carbons (Fsp3) is 0.286. The lowest BCUT2D eigenvalue weighted by Gasteiger charge is -2.32. The number of halogens is 2. The summed E-state index contributed by atoms with van der Waals surface area (Å²) >= 11 is 12.7. The Labute approximate surface area is 239 Å². The van der Waals surface area contributed by atoms with Gasteiger partial charge in [-0.25, -0.2) is 8.42 Å². The minimum atomic E-state index is -4.20. The smallest absolute Gasteiger partial charge is 0.264 e. The second-order valence-electron chi connectivity index (χ2n) is 8.72. The normalized spacial score (nSPS) is 11.9. The summed E-state index contributed by atoms with van der Waals surface area (Å²) in [6.45, 7) is 3.37. The first kappa shape index (κ1) is 30.3. The van der Waals surface area contributed by atoms with Crippen LogP contribution in [0.3, 0.4) is 0 Å². The molecule has 0 aliphatic heterocycles. The molecular formula is C28H31Cl2N3O5S. The zero-order valence-corrected chi connectivity index (χ0v) is 24.3. The Morgan fingerprint density at radius 2 is 1.64 bits per heavy atom. The molecular weight excluding hydrogens is 561 g/mol. The third-order valence-electron chi connectivity index (χ3n) is 6.05. The van der Waals surface area contributed by atoms with E-state index in [4.69, 9.17) is 27.9 Å². The predicted molar refractivity (Wildman–Crippen MR) is 154 cm³/mol. The number of sulfonamides is 1. The highest BCUT2D eigenvalue weighted by Gasteiger charge is 2.33. The van der Waals surface area contributed by atoms with Gasteiger partial charge in [0.15, 0.2) is 0 Å². The molecule has 0 saturated carbocycles. The van der Waals surface area contributed by atoms with Gasteiger partial charge in [0, 0.05) is 18.1 Å². The summed E-state index contributed by atoms with van der Waals surface area (Å²) in [6.07, 6.45) is 0.720. The van der Waals surface area contributed by atoms with Crippen molar-refractivity contribution in [3.8, 4) is 5.75 Å². The van der Waals surface area contributed by atoms with Crippen LogP contribution in [0.4, 0.5) is 5.69 Å². The number of amides is 2. The molecule has 0 spiro atoms. The average molecular weight is 593 g/mol. The monoisotopic (exact) mass is 591 g/mol. The molecule has 3 rings (SSSR count). The van der Waals surface area contributed by atoms with Crippen LogP contribution in [0.2, 0.25) is 10.0 Å². The van der Waals surface area contributed by atoms with Crippen molar-refractivity contribution in [3.63, 3.8) is 0 Å². The third kappa shape index (κ3) is 7.44. The zero-order valence-electron chi connectivity index (χ0n) is 21.9. The molecule has 8 nitrogen and oxygen atoms in total. The van der Waals surface area contributed by atoms with Crippen molar-refractivity contribution < 1.29 is 22.7 Å². The Morgan fingerprint density at radius 3 is 2.26 bits per heavy atom. The number of hydrogen-bond donors (Lipinski definition) is 1. The van der Waals surface area contributed by atoms with Gasteiger partial charge in [-0.1, -0.05) is 66.5 Å². The highest BCUT2D eigenvalue weighted by molar-refractivity contribution is 7.92. The second-order valence-corrected chi connectivity index (χ2v) is 11.4. The molecule has 3 aromatic carbocycles. The Balaban J connectivity index is 2.05. The molecule has 0 radical (unpaired) electrons. The molecule has 0 heterocycles. The number of carbonyl (C=O) groups excluding carboxylic acids is 2. The van der Waals surface area contributed by atoms with Gasteiger partial charge in [-0.3, -0.25) is 13.9 Å². The molecule has 0 unspecified atom stereocenters. The van der Waals surface area contributed by atoms with Gasteiger partial charge in [-0.15, -0.1) is 0 Å². The predicted octanol–water partition coefficient (Wildman–Crippen LogP) is 5.14. The molecule has 0 saturated heterocycles. The Kier molecular flexibility index (Phi) is 10.6. The first-order chi connectivity index (χ1) is 18.6. The number of rotatable bonds is 12. The minimum Gasteiger partial charge on any atom is -0.495 e. The molecule has 0 fully saturated rings. The second kappa shape index (κ2) is 13.7. The van der Waals surface area contributed by atoms with Crippen LogP contribution in [0.5, 0.6) is 5.75 Å².